The van der Waals surface area contributed by atoms with Crippen LogP contribution in [0.25, 0.3) is 0 Å². The van der Waals surface area contributed by atoms with E-state index in [-0.39, 0.29) is 12.8 Å². The van der Waals surface area contributed by atoms with Crippen LogP contribution in [0.3, 0.4) is 0 Å². The number of nitrogens with two attached hydrogens (primary N) is 1. The Labute approximate surface area is 133 Å². The summed E-state index contributed by atoms with van der Waals surface area (Å²) in [7, 11) is 1.51. The highest BCUT2D eigenvalue weighted by Crippen LogP contribution is 2.32. The summed E-state index contributed by atoms with van der Waals surface area (Å²) in [4.78, 5) is 21.6. The van der Waals surface area contributed by atoms with E-state index >= 15 is 0 Å². The van der Waals surface area contributed by atoms with Crippen molar-refractivity contribution in [1.82, 2.24) is 0 Å². The fraction of sp³-hybridized carbons (Fsp3) is 0.176. The fourth-order valence-corrected chi connectivity index (χ4v) is 2.08. The van der Waals surface area contributed by atoms with Crippen molar-refractivity contribution in [3.63, 3.8) is 0 Å². The minimum absolute atomic E-state index is 0.0363. The van der Waals surface area contributed by atoms with E-state index in [1.807, 2.05) is 0 Å². The van der Waals surface area contributed by atoms with Crippen LogP contribution in [-0.4, -0.2) is 24.1 Å². The summed E-state index contributed by atoms with van der Waals surface area (Å²) in [5.41, 5.74) is 6.60. The standard InChI is InChI=1S/C17H17NO5/c1-22-15-8-12(9-16(18)19)4-7-14(15)23-13-5-2-11(3-6-13)10-17(20)21/h2-8H,9-10H2,1H3,(H2,18,19)(H,20,21). The van der Waals surface area contributed by atoms with E-state index in [2.05, 4.69) is 0 Å². The van der Waals surface area contributed by atoms with Crippen molar-refractivity contribution in [2.24, 2.45) is 5.73 Å². The molecule has 0 aromatic heterocycles. The molecule has 0 radical (unpaired) electrons. The Morgan fingerprint density at radius 3 is 2.22 bits per heavy atom. The molecule has 0 heterocycles. The second-order valence-electron chi connectivity index (χ2n) is 4.94. The molecular formula is C17H17NO5. The number of rotatable bonds is 7. The third-order valence-electron chi connectivity index (χ3n) is 3.11. The maximum Gasteiger partial charge on any atom is 0.307 e. The maximum atomic E-state index is 11.0. The fourth-order valence-electron chi connectivity index (χ4n) is 2.08. The number of carboxylic acid groups (broad SMARTS) is 1. The van der Waals surface area contributed by atoms with Crippen molar-refractivity contribution < 1.29 is 24.2 Å². The highest BCUT2D eigenvalue weighted by Gasteiger charge is 2.09. The number of carbonyl (C=O) groups excluding carboxylic acids is 1. The number of aliphatic carboxylic acids is 1. The van der Waals surface area contributed by atoms with Gasteiger partial charge in [0.1, 0.15) is 5.75 Å². The molecule has 0 saturated carbocycles. The molecule has 0 aliphatic rings. The highest BCUT2D eigenvalue weighted by molar-refractivity contribution is 5.76. The zero-order valence-corrected chi connectivity index (χ0v) is 12.6. The number of ether oxygens (including phenoxy) is 2. The topological polar surface area (TPSA) is 98.9 Å². The molecule has 0 atom stereocenters. The Hall–Kier alpha value is -3.02. The zero-order valence-electron chi connectivity index (χ0n) is 12.6. The van der Waals surface area contributed by atoms with Crippen molar-refractivity contribution in [1.29, 1.82) is 0 Å². The zero-order chi connectivity index (χ0) is 16.8. The Balaban J connectivity index is 2.15. The molecular weight excluding hydrogens is 298 g/mol. The van der Waals surface area contributed by atoms with Gasteiger partial charge in [0.15, 0.2) is 11.5 Å². The first-order chi connectivity index (χ1) is 11.0. The highest BCUT2D eigenvalue weighted by atomic mass is 16.5. The van der Waals surface area contributed by atoms with Gasteiger partial charge in [-0.1, -0.05) is 18.2 Å². The van der Waals surface area contributed by atoms with Crippen LogP contribution in [0.2, 0.25) is 0 Å². The second-order valence-corrected chi connectivity index (χ2v) is 4.94. The van der Waals surface area contributed by atoms with E-state index in [0.717, 1.165) is 5.56 Å². The van der Waals surface area contributed by atoms with Gasteiger partial charge in [0.2, 0.25) is 5.91 Å². The summed E-state index contributed by atoms with van der Waals surface area (Å²) >= 11 is 0. The van der Waals surface area contributed by atoms with Crippen LogP contribution in [0.5, 0.6) is 17.2 Å². The van der Waals surface area contributed by atoms with Crippen molar-refractivity contribution in [2.45, 2.75) is 12.8 Å². The smallest absolute Gasteiger partial charge is 0.307 e. The average Bonchev–Trinajstić information content (AvgIpc) is 2.49. The quantitative estimate of drug-likeness (QED) is 0.815. The summed E-state index contributed by atoms with van der Waals surface area (Å²) in [6.45, 7) is 0. The van der Waals surface area contributed by atoms with E-state index in [0.29, 0.717) is 22.8 Å². The Kier molecular flexibility index (Phi) is 5.19. The summed E-state index contributed by atoms with van der Waals surface area (Å²) < 4.78 is 11.0. The van der Waals surface area contributed by atoms with Gasteiger partial charge in [-0.3, -0.25) is 9.59 Å². The third kappa shape index (κ3) is 4.74. The molecule has 2 aromatic rings. The lowest BCUT2D eigenvalue weighted by molar-refractivity contribution is -0.136. The molecule has 0 saturated heterocycles. The van der Waals surface area contributed by atoms with Crippen LogP contribution in [0, 0.1) is 0 Å². The molecule has 1 amide bonds. The molecule has 0 aliphatic carbocycles. The molecule has 0 aliphatic heterocycles. The van der Waals surface area contributed by atoms with Gasteiger partial charge in [-0.15, -0.1) is 0 Å². The van der Waals surface area contributed by atoms with Gasteiger partial charge in [0.05, 0.1) is 20.0 Å². The lowest BCUT2D eigenvalue weighted by Gasteiger charge is -2.12. The monoisotopic (exact) mass is 315 g/mol. The lowest BCUT2D eigenvalue weighted by Crippen LogP contribution is -2.13. The molecule has 0 fully saturated rings. The van der Waals surface area contributed by atoms with Crippen molar-refractivity contribution in [2.75, 3.05) is 7.11 Å². The van der Waals surface area contributed by atoms with Crippen molar-refractivity contribution >= 4 is 11.9 Å². The SMILES string of the molecule is COc1cc(CC(N)=O)ccc1Oc1ccc(CC(=O)O)cc1. The summed E-state index contributed by atoms with van der Waals surface area (Å²) in [6.07, 6.45) is 0.0892. The van der Waals surface area contributed by atoms with Gasteiger partial charge in [-0.2, -0.15) is 0 Å². The minimum atomic E-state index is -0.884. The average molecular weight is 315 g/mol. The van der Waals surface area contributed by atoms with Crippen LogP contribution in [-0.2, 0) is 22.4 Å². The molecule has 6 nitrogen and oxygen atoms in total. The van der Waals surface area contributed by atoms with Crippen molar-refractivity contribution in [3.05, 3.63) is 53.6 Å². The number of benzene rings is 2. The summed E-state index contributed by atoms with van der Waals surface area (Å²) in [5.74, 6) is 0.227. The predicted octanol–water partition coefficient (Wildman–Crippen LogP) is 2.14. The Morgan fingerprint density at radius 2 is 1.65 bits per heavy atom. The van der Waals surface area contributed by atoms with Gasteiger partial charge in [0, 0.05) is 0 Å². The Bertz CT molecular complexity index is 709. The lowest BCUT2D eigenvalue weighted by atomic mass is 10.1. The molecule has 0 unspecified atom stereocenters. The van der Waals surface area contributed by atoms with Gasteiger partial charge in [0.25, 0.3) is 0 Å². The molecule has 2 rings (SSSR count). The first-order valence-electron chi connectivity index (χ1n) is 6.91. The molecule has 0 bridgehead atoms. The van der Waals surface area contributed by atoms with E-state index in [1.54, 1.807) is 42.5 Å². The largest absolute Gasteiger partial charge is 0.493 e. The van der Waals surface area contributed by atoms with E-state index in [9.17, 15) is 9.59 Å². The first-order valence-corrected chi connectivity index (χ1v) is 6.91. The minimum Gasteiger partial charge on any atom is -0.493 e. The van der Waals surface area contributed by atoms with E-state index < -0.39 is 11.9 Å². The molecule has 0 spiro atoms. The van der Waals surface area contributed by atoms with Crippen LogP contribution in [0.15, 0.2) is 42.5 Å². The van der Waals surface area contributed by atoms with Gasteiger partial charge in [-0.05, 0) is 35.4 Å². The van der Waals surface area contributed by atoms with E-state index in [1.165, 1.54) is 7.11 Å². The molecule has 120 valence electrons. The third-order valence-corrected chi connectivity index (χ3v) is 3.11. The van der Waals surface area contributed by atoms with Gasteiger partial charge >= 0.3 is 5.97 Å². The molecule has 6 heteroatoms. The number of carboxylic acids is 1. The number of methoxy groups -OCH3 is 1. The predicted molar refractivity (Wildman–Crippen MR) is 83.7 cm³/mol. The number of hydrogen-bond donors (Lipinski definition) is 2. The summed E-state index contributed by atoms with van der Waals surface area (Å²) in [5, 5.41) is 8.75. The number of primary amides is 1. The van der Waals surface area contributed by atoms with Crippen molar-refractivity contribution in [3.8, 4) is 17.2 Å². The normalized spacial score (nSPS) is 10.1. The first kappa shape index (κ1) is 16.4. The van der Waals surface area contributed by atoms with Gasteiger partial charge in [-0.25, -0.2) is 0 Å². The van der Waals surface area contributed by atoms with Crippen LogP contribution >= 0.6 is 0 Å². The molecule has 2 aromatic carbocycles. The number of hydrogen-bond acceptors (Lipinski definition) is 4. The summed E-state index contributed by atoms with van der Waals surface area (Å²) in [6, 6.07) is 11.9. The maximum absolute atomic E-state index is 11.0. The van der Waals surface area contributed by atoms with Gasteiger partial charge < -0.3 is 20.3 Å². The second kappa shape index (κ2) is 7.31. The van der Waals surface area contributed by atoms with E-state index in [4.69, 9.17) is 20.3 Å². The van der Waals surface area contributed by atoms with Crippen LogP contribution < -0.4 is 15.2 Å². The molecule has 23 heavy (non-hydrogen) atoms. The van der Waals surface area contributed by atoms with Crippen LogP contribution in [0.4, 0.5) is 0 Å². The van der Waals surface area contributed by atoms with Crippen LogP contribution in [0.1, 0.15) is 11.1 Å². The molecule has 3 N–H and O–H groups in total. The number of amides is 1. The number of carbonyl (C=O) groups is 2. The Morgan fingerprint density at radius 1 is 1.00 bits per heavy atom.